The van der Waals surface area contributed by atoms with Crippen molar-refractivity contribution in [1.82, 2.24) is 5.32 Å². The van der Waals surface area contributed by atoms with Gasteiger partial charge in [-0.25, -0.2) is 0 Å². The molecule has 0 aromatic heterocycles. The molecule has 2 rings (SSSR count). The van der Waals surface area contributed by atoms with Gasteiger partial charge < -0.3 is 15.4 Å². The van der Waals surface area contributed by atoms with Crippen LogP contribution in [-0.4, -0.2) is 25.1 Å². The largest absolute Gasteiger partial charge is 0.435 e. The number of hydrogen-bond donors (Lipinski definition) is 2. The van der Waals surface area contributed by atoms with E-state index in [1.807, 2.05) is 0 Å². The van der Waals surface area contributed by atoms with Crippen LogP contribution in [0.1, 0.15) is 12.8 Å². The SMILES string of the molecule is Cl.O=C(Nc1cccc(OC(F)F)c1)[C@@H]1CCCN1. The van der Waals surface area contributed by atoms with E-state index in [9.17, 15) is 13.6 Å². The molecule has 1 aromatic rings. The lowest BCUT2D eigenvalue weighted by Crippen LogP contribution is -2.35. The Hall–Kier alpha value is -1.40. The third-order valence-electron chi connectivity index (χ3n) is 2.70. The highest BCUT2D eigenvalue weighted by atomic mass is 35.5. The van der Waals surface area contributed by atoms with Crippen molar-refractivity contribution < 1.29 is 18.3 Å². The smallest absolute Gasteiger partial charge is 0.387 e. The number of anilines is 1. The fourth-order valence-electron chi connectivity index (χ4n) is 1.89. The van der Waals surface area contributed by atoms with E-state index in [4.69, 9.17) is 0 Å². The van der Waals surface area contributed by atoms with Gasteiger partial charge >= 0.3 is 6.61 Å². The highest BCUT2D eigenvalue weighted by molar-refractivity contribution is 5.95. The molecule has 1 heterocycles. The summed E-state index contributed by atoms with van der Waals surface area (Å²) in [6.45, 7) is -2.04. The Morgan fingerprint density at radius 2 is 2.26 bits per heavy atom. The maximum absolute atomic E-state index is 12.0. The molecule has 1 aliphatic heterocycles. The fourth-order valence-corrected chi connectivity index (χ4v) is 1.89. The maximum Gasteiger partial charge on any atom is 0.387 e. The van der Waals surface area contributed by atoms with E-state index in [2.05, 4.69) is 15.4 Å². The van der Waals surface area contributed by atoms with Crippen molar-refractivity contribution in [2.24, 2.45) is 0 Å². The normalized spacial score (nSPS) is 17.9. The second-order valence-corrected chi connectivity index (χ2v) is 4.04. The second kappa shape index (κ2) is 7.25. The van der Waals surface area contributed by atoms with Gasteiger partial charge in [0.25, 0.3) is 0 Å². The van der Waals surface area contributed by atoms with Crippen LogP contribution in [0, 0.1) is 0 Å². The molecule has 19 heavy (non-hydrogen) atoms. The minimum atomic E-state index is -2.87. The molecule has 0 unspecified atom stereocenters. The van der Waals surface area contributed by atoms with Crippen LogP contribution in [0.2, 0.25) is 0 Å². The number of benzene rings is 1. The van der Waals surface area contributed by atoms with Crippen LogP contribution >= 0.6 is 12.4 Å². The van der Waals surface area contributed by atoms with E-state index in [1.165, 1.54) is 12.1 Å². The van der Waals surface area contributed by atoms with Crippen LogP contribution in [0.15, 0.2) is 24.3 Å². The van der Waals surface area contributed by atoms with Crippen molar-refractivity contribution >= 4 is 24.0 Å². The summed E-state index contributed by atoms with van der Waals surface area (Å²) < 4.78 is 28.3. The van der Waals surface area contributed by atoms with Crippen LogP contribution in [0.4, 0.5) is 14.5 Å². The van der Waals surface area contributed by atoms with Crippen molar-refractivity contribution in [2.45, 2.75) is 25.5 Å². The molecule has 0 radical (unpaired) electrons. The van der Waals surface area contributed by atoms with Gasteiger partial charge in [0.15, 0.2) is 0 Å². The van der Waals surface area contributed by atoms with Gasteiger partial charge in [0, 0.05) is 11.8 Å². The van der Waals surface area contributed by atoms with Gasteiger partial charge in [0.2, 0.25) is 5.91 Å². The highest BCUT2D eigenvalue weighted by Gasteiger charge is 2.21. The lowest BCUT2D eigenvalue weighted by Gasteiger charge is -2.12. The summed E-state index contributed by atoms with van der Waals surface area (Å²) in [4.78, 5) is 11.8. The Labute approximate surface area is 115 Å². The minimum Gasteiger partial charge on any atom is -0.435 e. The first-order chi connectivity index (χ1) is 8.65. The summed E-state index contributed by atoms with van der Waals surface area (Å²) in [7, 11) is 0. The first-order valence-electron chi connectivity index (χ1n) is 5.74. The van der Waals surface area contributed by atoms with E-state index in [1.54, 1.807) is 12.1 Å². The number of amides is 1. The summed E-state index contributed by atoms with van der Waals surface area (Å²) in [5.41, 5.74) is 0.451. The number of ether oxygens (including phenoxy) is 1. The van der Waals surface area contributed by atoms with Crippen LogP contribution in [-0.2, 0) is 4.79 Å². The molecule has 0 aliphatic carbocycles. The summed E-state index contributed by atoms with van der Waals surface area (Å²) in [6.07, 6.45) is 1.76. The van der Waals surface area contributed by atoms with E-state index in [0.29, 0.717) is 5.69 Å². The zero-order valence-electron chi connectivity index (χ0n) is 10.1. The predicted octanol–water partition coefficient (Wildman–Crippen LogP) is 2.40. The summed E-state index contributed by atoms with van der Waals surface area (Å²) >= 11 is 0. The van der Waals surface area contributed by atoms with Gasteiger partial charge in [-0.2, -0.15) is 8.78 Å². The summed E-state index contributed by atoms with van der Waals surface area (Å²) in [5, 5.41) is 5.73. The Bertz CT molecular complexity index is 426. The average molecular weight is 293 g/mol. The van der Waals surface area contributed by atoms with Crippen molar-refractivity contribution in [3.63, 3.8) is 0 Å². The third-order valence-corrected chi connectivity index (χ3v) is 2.70. The third kappa shape index (κ3) is 4.65. The summed E-state index contributed by atoms with van der Waals surface area (Å²) in [6, 6.07) is 5.76. The molecular formula is C12H15ClF2N2O2. The zero-order valence-corrected chi connectivity index (χ0v) is 10.9. The van der Waals surface area contributed by atoms with Gasteiger partial charge in [-0.3, -0.25) is 4.79 Å². The molecule has 2 N–H and O–H groups in total. The topological polar surface area (TPSA) is 50.4 Å². The number of halogens is 3. The van der Waals surface area contributed by atoms with Crippen molar-refractivity contribution in [3.8, 4) is 5.75 Å². The number of carbonyl (C=O) groups excluding carboxylic acids is 1. The van der Waals surface area contributed by atoms with Crippen LogP contribution in [0.3, 0.4) is 0 Å². The molecule has 1 amide bonds. The molecular weight excluding hydrogens is 278 g/mol. The number of nitrogens with one attached hydrogen (secondary N) is 2. The molecule has 106 valence electrons. The number of hydrogen-bond acceptors (Lipinski definition) is 3. The van der Waals surface area contributed by atoms with E-state index in [0.717, 1.165) is 19.4 Å². The van der Waals surface area contributed by atoms with E-state index >= 15 is 0 Å². The van der Waals surface area contributed by atoms with Gasteiger partial charge in [-0.15, -0.1) is 12.4 Å². The molecule has 1 aliphatic rings. The van der Waals surface area contributed by atoms with Crippen molar-refractivity contribution in [3.05, 3.63) is 24.3 Å². The second-order valence-electron chi connectivity index (χ2n) is 4.04. The maximum atomic E-state index is 12.0. The molecule has 1 aromatic carbocycles. The number of rotatable bonds is 4. The summed E-state index contributed by atoms with van der Waals surface area (Å²) in [5.74, 6) is -0.121. The fraction of sp³-hybridized carbons (Fsp3) is 0.417. The number of alkyl halides is 2. The molecule has 1 fully saturated rings. The predicted molar refractivity (Wildman–Crippen MR) is 70.0 cm³/mol. The molecule has 1 saturated heterocycles. The Balaban J connectivity index is 0.00000180. The van der Waals surface area contributed by atoms with Gasteiger partial charge in [0.1, 0.15) is 5.75 Å². The highest BCUT2D eigenvalue weighted by Crippen LogP contribution is 2.20. The van der Waals surface area contributed by atoms with Gasteiger partial charge in [-0.05, 0) is 31.5 Å². The molecule has 0 bridgehead atoms. The van der Waals surface area contributed by atoms with Crippen molar-refractivity contribution in [1.29, 1.82) is 0 Å². The molecule has 0 spiro atoms. The Morgan fingerprint density at radius 1 is 1.47 bits per heavy atom. The lowest BCUT2D eigenvalue weighted by molar-refractivity contribution is -0.117. The molecule has 4 nitrogen and oxygen atoms in total. The van der Waals surface area contributed by atoms with Crippen LogP contribution < -0.4 is 15.4 Å². The first kappa shape index (κ1) is 15.7. The zero-order chi connectivity index (χ0) is 13.0. The molecule has 7 heteroatoms. The standard InChI is InChI=1S/C12H14F2N2O2.ClH/c13-12(14)18-9-4-1-3-8(7-9)16-11(17)10-5-2-6-15-10;/h1,3-4,7,10,12,15H,2,5-6H2,(H,16,17);1H/t10-;/m0./s1. The van der Waals surface area contributed by atoms with Crippen LogP contribution in [0.25, 0.3) is 0 Å². The van der Waals surface area contributed by atoms with Crippen molar-refractivity contribution in [2.75, 3.05) is 11.9 Å². The van der Waals surface area contributed by atoms with Gasteiger partial charge in [0.05, 0.1) is 6.04 Å². The Morgan fingerprint density at radius 3 is 2.89 bits per heavy atom. The van der Waals surface area contributed by atoms with E-state index < -0.39 is 6.61 Å². The lowest BCUT2D eigenvalue weighted by atomic mass is 10.2. The minimum absolute atomic E-state index is 0. The van der Waals surface area contributed by atoms with Crippen LogP contribution in [0.5, 0.6) is 5.75 Å². The van der Waals surface area contributed by atoms with E-state index in [-0.39, 0.29) is 30.1 Å². The van der Waals surface area contributed by atoms with Gasteiger partial charge in [-0.1, -0.05) is 6.07 Å². The first-order valence-corrected chi connectivity index (χ1v) is 5.74. The quantitative estimate of drug-likeness (QED) is 0.896. The number of carbonyl (C=O) groups is 1. The Kier molecular flexibility index (Phi) is 5.98. The molecule has 1 atom stereocenters. The molecule has 0 saturated carbocycles. The monoisotopic (exact) mass is 292 g/mol. The average Bonchev–Trinajstić information content (AvgIpc) is 2.81.